The van der Waals surface area contributed by atoms with Crippen molar-refractivity contribution in [2.24, 2.45) is 5.92 Å². The first-order chi connectivity index (χ1) is 8.08. The molecule has 3 nitrogen and oxygen atoms in total. The smallest absolute Gasteiger partial charge is 0.231 e. The highest BCUT2D eigenvalue weighted by Crippen LogP contribution is 2.37. The molecule has 0 radical (unpaired) electrons. The average molecular weight is 234 g/mol. The van der Waals surface area contributed by atoms with Crippen LogP contribution in [0.3, 0.4) is 0 Å². The molecule has 3 heteroatoms. The van der Waals surface area contributed by atoms with E-state index >= 15 is 0 Å². The van der Waals surface area contributed by atoms with Gasteiger partial charge >= 0.3 is 0 Å². The second-order valence-corrected chi connectivity index (χ2v) is 4.87. The van der Waals surface area contributed by atoms with Gasteiger partial charge in [0.25, 0.3) is 0 Å². The fraction of sp³-hybridized carbons (Fsp3) is 0.500. The summed E-state index contributed by atoms with van der Waals surface area (Å²) in [5, 5.41) is 0. The second kappa shape index (κ2) is 4.78. The number of hydrogen-bond acceptors (Lipinski definition) is 3. The number of carbonyl (C=O) groups is 1. The minimum absolute atomic E-state index is 0.223. The van der Waals surface area contributed by atoms with Gasteiger partial charge in [-0.2, -0.15) is 0 Å². The van der Waals surface area contributed by atoms with Crippen molar-refractivity contribution in [2.75, 3.05) is 6.79 Å². The summed E-state index contributed by atoms with van der Waals surface area (Å²) in [7, 11) is 0. The number of fused-ring (bicyclic) bond motifs is 1. The molecule has 0 saturated heterocycles. The van der Waals surface area contributed by atoms with Gasteiger partial charge in [-0.1, -0.05) is 19.9 Å². The van der Waals surface area contributed by atoms with Crippen LogP contribution in [0.15, 0.2) is 18.2 Å². The van der Waals surface area contributed by atoms with Crippen LogP contribution < -0.4 is 9.47 Å². The molecule has 0 amide bonds. The minimum atomic E-state index is 0.223. The van der Waals surface area contributed by atoms with E-state index in [1.807, 2.05) is 18.2 Å². The predicted molar refractivity (Wildman–Crippen MR) is 65.4 cm³/mol. The lowest BCUT2D eigenvalue weighted by molar-refractivity contribution is -0.117. The van der Waals surface area contributed by atoms with Crippen LogP contribution in [-0.4, -0.2) is 12.6 Å². The van der Waals surface area contributed by atoms with Crippen LogP contribution in [0.5, 0.6) is 11.5 Å². The molecule has 1 aliphatic heterocycles. The van der Waals surface area contributed by atoms with Crippen LogP contribution in [0.1, 0.15) is 38.7 Å². The van der Waals surface area contributed by atoms with E-state index in [9.17, 15) is 4.79 Å². The number of carbonyl (C=O) groups excluding carboxylic acids is 1. The SMILES string of the molecule is CC(=O)C[C@@H](c1ccc2c(c1)OCO2)C(C)C. The molecule has 92 valence electrons. The van der Waals surface area contributed by atoms with E-state index in [0.29, 0.717) is 12.3 Å². The van der Waals surface area contributed by atoms with Gasteiger partial charge in [-0.15, -0.1) is 0 Å². The highest BCUT2D eigenvalue weighted by Gasteiger charge is 2.21. The van der Waals surface area contributed by atoms with Crippen molar-refractivity contribution in [3.05, 3.63) is 23.8 Å². The summed E-state index contributed by atoms with van der Waals surface area (Å²) in [5.41, 5.74) is 1.15. The van der Waals surface area contributed by atoms with Crippen LogP contribution in [0, 0.1) is 5.92 Å². The van der Waals surface area contributed by atoms with Gasteiger partial charge in [0.05, 0.1) is 0 Å². The van der Waals surface area contributed by atoms with Gasteiger partial charge in [-0.05, 0) is 36.5 Å². The number of benzene rings is 1. The lowest BCUT2D eigenvalue weighted by Crippen LogP contribution is -2.10. The standard InChI is InChI=1S/C14H18O3/c1-9(2)12(6-10(3)15)11-4-5-13-14(7-11)17-8-16-13/h4-5,7,9,12H,6,8H2,1-3H3/t12-/m1/s1. The summed E-state index contributed by atoms with van der Waals surface area (Å²) in [6.45, 7) is 6.20. The van der Waals surface area contributed by atoms with Gasteiger partial charge < -0.3 is 14.3 Å². The number of Topliss-reactive ketones (excluding diaryl/α,β-unsaturated/α-hetero) is 1. The van der Waals surface area contributed by atoms with Crippen molar-refractivity contribution < 1.29 is 14.3 Å². The molecule has 0 aliphatic carbocycles. The van der Waals surface area contributed by atoms with Crippen LogP contribution in [-0.2, 0) is 4.79 Å². The van der Waals surface area contributed by atoms with E-state index in [-0.39, 0.29) is 18.5 Å². The van der Waals surface area contributed by atoms with E-state index < -0.39 is 0 Å². The van der Waals surface area contributed by atoms with Crippen molar-refractivity contribution >= 4 is 5.78 Å². The van der Waals surface area contributed by atoms with E-state index in [4.69, 9.17) is 9.47 Å². The zero-order valence-electron chi connectivity index (χ0n) is 10.5. The first-order valence-corrected chi connectivity index (χ1v) is 5.97. The lowest BCUT2D eigenvalue weighted by atomic mass is 9.84. The number of ether oxygens (including phenoxy) is 2. The number of ketones is 1. The first-order valence-electron chi connectivity index (χ1n) is 5.97. The molecule has 0 fully saturated rings. The molecule has 0 spiro atoms. The lowest BCUT2D eigenvalue weighted by Gasteiger charge is -2.20. The van der Waals surface area contributed by atoms with E-state index in [0.717, 1.165) is 17.1 Å². The molecule has 1 aromatic rings. The molecule has 0 bridgehead atoms. The number of rotatable bonds is 4. The molecule has 0 unspecified atom stereocenters. The summed E-state index contributed by atoms with van der Waals surface area (Å²) in [5.74, 6) is 2.48. The Balaban J connectivity index is 2.27. The molecule has 0 N–H and O–H groups in total. The third-order valence-corrected chi connectivity index (χ3v) is 3.14. The molecule has 0 saturated carbocycles. The molecule has 1 aliphatic rings. The van der Waals surface area contributed by atoms with Crippen molar-refractivity contribution in [1.82, 2.24) is 0 Å². The third-order valence-electron chi connectivity index (χ3n) is 3.14. The van der Waals surface area contributed by atoms with Crippen molar-refractivity contribution in [1.29, 1.82) is 0 Å². The third kappa shape index (κ3) is 2.60. The average Bonchev–Trinajstić information content (AvgIpc) is 2.72. The Bertz CT molecular complexity index is 423. The Morgan fingerprint density at radius 2 is 2.00 bits per heavy atom. The molecule has 2 rings (SSSR count). The summed E-state index contributed by atoms with van der Waals surface area (Å²) < 4.78 is 10.7. The molecule has 17 heavy (non-hydrogen) atoms. The van der Waals surface area contributed by atoms with Crippen molar-refractivity contribution in [2.45, 2.75) is 33.1 Å². The minimum Gasteiger partial charge on any atom is -0.454 e. The fourth-order valence-electron chi connectivity index (χ4n) is 2.19. The molecule has 1 heterocycles. The summed E-state index contributed by atoms with van der Waals surface area (Å²) in [4.78, 5) is 11.3. The summed E-state index contributed by atoms with van der Waals surface area (Å²) in [6, 6.07) is 5.95. The normalized spacial score (nSPS) is 15.1. The van der Waals surface area contributed by atoms with Gasteiger partial charge in [0.2, 0.25) is 6.79 Å². The predicted octanol–water partition coefficient (Wildman–Crippen LogP) is 3.13. The topological polar surface area (TPSA) is 35.5 Å². The van der Waals surface area contributed by atoms with Crippen LogP contribution in [0.25, 0.3) is 0 Å². The maximum Gasteiger partial charge on any atom is 0.231 e. The molecule has 1 aromatic carbocycles. The summed E-state index contributed by atoms with van der Waals surface area (Å²) >= 11 is 0. The van der Waals surface area contributed by atoms with Gasteiger partial charge in [0.1, 0.15) is 5.78 Å². The second-order valence-electron chi connectivity index (χ2n) is 4.87. The molecular formula is C14H18O3. The highest BCUT2D eigenvalue weighted by molar-refractivity contribution is 5.76. The Kier molecular flexibility index (Phi) is 3.36. The maximum atomic E-state index is 11.3. The Labute approximate surface area is 102 Å². The quantitative estimate of drug-likeness (QED) is 0.802. The highest BCUT2D eigenvalue weighted by atomic mass is 16.7. The largest absolute Gasteiger partial charge is 0.454 e. The fourth-order valence-corrected chi connectivity index (χ4v) is 2.19. The van der Waals surface area contributed by atoms with Gasteiger partial charge in [0, 0.05) is 6.42 Å². The zero-order valence-corrected chi connectivity index (χ0v) is 10.5. The molecule has 1 atom stereocenters. The van der Waals surface area contributed by atoms with Crippen LogP contribution >= 0.6 is 0 Å². The van der Waals surface area contributed by atoms with Crippen molar-refractivity contribution in [3.8, 4) is 11.5 Å². The van der Waals surface area contributed by atoms with E-state index in [2.05, 4.69) is 13.8 Å². The van der Waals surface area contributed by atoms with Crippen LogP contribution in [0.4, 0.5) is 0 Å². The van der Waals surface area contributed by atoms with Gasteiger partial charge in [-0.25, -0.2) is 0 Å². The Hall–Kier alpha value is -1.51. The maximum absolute atomic E-state index is 11.3. The molecule has 0 aromatic heterocycles. The van der Waals surface area contributed by atoms with Gasteiger partial charge in [0.15, 0.2) is 11.5 Å². The summed E-state index contributed by atoms with van der Waals surface area (Å²) in [6.07, 6.45) is 0.581. The zero-order chi connectivity index (χ0) is 12.4. The number of hydrogen-bond donors (Lipinski definition) is 0. The Morgan fingerprint density at radius 1 is 1.29 bits per heavy atom. The monoisotopic (exact) mass is 234 g/mol. The van der Waals surface area contributed by atoms with E-state index in [1.54, 1.807) is 6.92 Å². The van der Waals surface area contributed by atoms with E-state index in [1.165, 1.54) is 0 Å². The van der Waals surface area contributed by atoms with Crippen molar-refractivity contribution in [3.63, 3.8) is 0 Å². The van der Waals surface area contributed by atoms with Crippen LogP contribution in [0.2, 0.25) is 0 Å². The molecular weight excluding hydrogens is 216 g/mol. The first kappa shape index (κ1) is 12.0. The van der Waals surface area contributed by atoms with Gasteiger partial charge in [-0.3, -0.25) is 0 Å². The Morgan fingerprint density at radius 3 is 2.65 bits per heavy atom.